The van der Waals surface area contributed by atoms with Crippen molar-refractivity contribution in [2.75, 3.05) is 6.54 Å². The molecule has 3 nitrogen and oxygen atoms in total. The number of halogens is 1. The number of nitrogens with zero attached hydrogens (tertiary/aromatic N) is 1. The summed E-state index contributed by atoms with van der Waals surface area (Å²) in [7, 11) is 0. The van der Waals surface area contributed by atoms with Crippen LogP contribution in [0.4, 0.5) is 4.39 Å². The summed E-state index contributed by atoms with van der Waals surface area (Å²) in [5.41, 5.74) is 1.21. The van der Waals surface area contributed by atoms with Crippen LogP contribution in [0.5, 0.6) is 0 Å². The van der Waals surface area contributed by atoms with Crippen LogP contribution in [0.3, 0.4) is 0 Å². The second-order valence-electron chi connectivity index (χ2n) is 7.95. The zero-order valence-corrected chi connectivity index (χ0v) is 16.1. The van der Waals surface area contributed by atoms with Crippen LogP contribution in [0, 0.1) is 11.7 Å². The maximum absolute atomic E-state index is 13.1. The minimum atomic E-state index is -0.158. The molecule has 3 rings (SSSR count). The predicted molar refractivity (Wildman–Crippen MR) is 105 cm³/mol. The lowest BCUT2D eigenvalue weighted by Crippen LogP contribution is -2.57. The van der Waals surface area contributed by atoms with Crippen LogP contribution in [0.1, 0.15) is 51.5 Å². The molecule has 2 fully saturated rings. The van der Waals surface area contributed by atoms with Crippen molar-refractivity contribution in [1.82, 2.24) is 15.5 Å². The standard InChI is InChI=1S/C20H30FN3S/c1-14(2)12-22-20(25)23-17-10-18-4-3-5-19(11-17)24(18)13-15-6-8-16(21)9-7-15/h6-9,14,17-19H,3-5,10-13H2,1-2H3,(H2,22,23,25). The minimum Gasteiger partial charge on any atom is -0.362 e. The first kappa shape index (κ1) is 18.6. The van der Waals surface area contributed by atoms with Crippen LogP contribution in [-0.2, 0) is 6.54 Å². The van der Waals surface area contributed by atoms with E-state index in [1.807, 2.05) is 12.1 Å². The molecular formula is C20H30FN3S. The summed E-state index contributed by atoms with van der Waals surface area (Å²) in [5.74, 6) is 0.436. The van der Waals surface area contributed by atoms with Crippen LogP contribution in [0.15, 0.2) is 24.3 Å². The maximum Gasteiger partial charge on any atom is 0.166 e. The minimum absolute atomic E-state index is 0.158. The smallest absolute Gasteiger partial charge is 0.166 e. The molecule has 1 aromatic rings. The maximum atomic E-state index is 13.1. The molecule has 1 aromatic carbocycles. The highest BCUT2D eigenvalue weighted by Crippen LogP contribution is 2.35. The van der Waals surface area contributed by atoms with Gasteiger partial charge in [0.05, 0.1) is 0 Å². The van der Waals surface area contributed by atoms with Crippen molar-refractivity contribution in [3.05, 3.63) is 35.6 Å². The van der Waals surface area contributed by atoms with Gasteiger partial charge in [0.25, 0.3) is 0 Å². The number of hydrogen-bond donors (Lipinski definition) is 2. The third kappa shape index (κ3) is 5.14. The van der Waals surface area contributed by atoms with Gasteiger partial charge in [-0.25, -0.2) is 4.39 Å². The van der Waals surface area contributed by atoms with Gasteiger partial charge in [-0.15, -0.1) is 0 Å². The lowest BCUT2D eigenvalue weighted by Gasteiger charge is -2.49. The average Bonchev–Trinajstić information content (AvgIpc) is 2.55. The Labute approximate surface area is 156 Å². The van der Waals surface area contributed by atoms with Gasteiger partial charge < -0.3 is 10.6 Å². The Hall–Kier alpha value is -1.20. The Morgan fingerprint density at radius 1 is 1.20 bits per heavy atom. The van der Waals surface area contributed by atoms with Gasteiger partial charge in [-0.1, -0.05) is 32.4 Å². The molecule has 2 heterocycles. The fourth-order valence-electron chi connectivity index (χ4n) is 4.19. The normalized spacial score (nSPS) is 26.5. The Morgan fingerprint density at radius 2 is 1.84 bits per heavy atom. The number of rotatable bonds is 5. The first-order valence-electron chi connectivity index (χ1n) is 9.56. The van der Waals surface area contributed by atoms with Crippen molar-refractivity contribution in [2.45, 2.75) is 70.6 Å². The number of thiocarbonyl (C=S) groups is 1. The van der Waals surface area contributed by atoms with E-state index >= 15 is 0 Å². The molecule has 2 bridgehead atoms. The molecule has 5 heteroatoms. The van der Waals surface area contributed by atoms with Gasteiger partial charge in [0.15, 0.2) is 5.11 Å². The summed E-state index contributed by atoms with van der Waals surface area (Å²) >= 11 is 5.46. The molecule has 2 aliphatic heterocycles. The van der Waals surface area contributed by atoms with Gasteiger partial charge in [0.2, 0.25) is 0 Å². The molecule has 0 spiro atoms. The SMILES string of the molecule is CC(C)CNC(=S)NC1CC2CCCC(C1)N2Cc1ccc(F)cc1. The average molecular weight is 364 g/mol. The fraction of sp³-hybridized carbons (Fsp3) is 0.650. The van der Waals surface area contributed by atoms with E-state index < -0.39 is 0 Å². The molecule has 2 saturated heterocycles. The van der Waals surface area contributed by atoms with Crippen LogP contribution in [0.25, 0.3) is 0 Å². The summed E-state index contributed by atoms with van der Waals surface area (Å²) in [6, 6.07) is 8.63. The van der Waals surface area contributed by atoms with Gasteiger partial charge in [-0.2, -0.15) is 0 Å². The van der Waals surface area contributed by atoms with E-state index in [0.717, 1.165) is 31.0 Å². The topological polar surface area (TPSA) is 27.3 Å². The fourth-order valence-corrected chi connectivity index (χ4v) is 4.44. The van der Waals surface area contributed by atoms with E-state index in [0.29, 0.717) is 24.0 Å². The van der Waals surface area contributed by atoms with E-state index in [-0.39, 0.29) is 5.82 Å². The van der Waals surface area contributed by atoms with Crippen molar-refractivity contribution in [1.29, 1.82) is 0 Å². The van der Waals surface area contributed by atoms with Gasteiger partial charge in [0.1, 0.15) is 5.82 Å². The number of benzene rings is 1. The van der Waals surface area contributed by atoms with Crippen LogP contribution in [0.2, 0.25) is 0 Å². The lowest BCUT2D eigenvalue weighted by molar-refractivity contribution is 0.0210. The van der Waals surface area contributed by atoms with Gasteiger partial charge in [-0.3, -0.25) is 4.90 Å². The largest absolute Gasteiger partial charge is 0.362 e. The highest BCUT2D eigenvalue weighted by atomic mass is 32.1. The number of nitrogens with one attached hydrogen (secondary N) is 2. The predicted octanol–water partition coefficient (Wildman–Crippen LogP) is 3.83. The Balaban J connectivity index is 1.57. The molecule has 0 aliphatic carbocycles. The summed E-state index contributed by atoms with van der Waals surface area (Å²) < 4.78 is 13.1. The molecule has 0 saturated carbocycles. The third-order valence-corrected chi connectivity index (χ3v) is 5.67. The summed E-state index contributed by atoms with van der Waals surface area (Å²) in [6.07, 6.45) is 6.10. The molecule has 2 N–H and O–H groups in total. The van der Waals surface area contributed by atoms with E-state index in [2.05, 4.69) is 29.4 Å². The molecule has 2 atom stereocenters. The van der Waals surface area contributed by atoms with E-state index in [1.165, 1.54) is 24.8 Å². The Morgan fingerprint density at radius 3 is 2.44 bits per heavy atom. The molecule has 138 valence electrons. The van der Waals surface area contributed by atoms with Crippen molar-refractivity contribution >= 4 is 17.3 Å². The quantitative estimate of drug-likeness (QED) is 0.778. The van der Waals surface area contributed by atoms with E-state index in [9.17, 15) is 4.39 Å². The van der Waals surface area contributed by atoms with Gasteiger partial charge in [-0.05, 0) is 61.5 Å². The molecular weight excluding hydrogens is 333 g/mol. The molecule has 0 amide bonds. The van der Waals surface area contributed by atoms with E-state index in [1.54, 1.807) is 12.1 Å². The second-order valence-corrected chi connectivity index (χ2v) is 8.36. The highest BCUT2D eigenvalue weighted by Gasteiger charge is 2.38. The van der Waals surface area contributed by atoms with Crippen molar-refractivity contribution in [3.8, 4) is 0 Å². The summed E-state index contributed by atoms with van der Waals surface area (Å²) in [4.78, 5) is 2.64. The zero-order valence-electron chi connectivity index (χ0n) is 15.3. The van der Waals surface area contributed by atoms with Crippen LogP contribution >= 0.6 is 12.2 Å². The lowest BCUT2D eigenvalue weighted by atomic mass is 9.81. The highest BCUT2D eigenvalue weighted by molar-refractivity contribution is 7.80. The summed E-state index contributed by atoms with van der Waals surface area (Å²) in [6.45, 7) is 6.22. The molecule has 0 radical (unpaired) electrons. The van der Waals surface area contributed by atoms with Crippen molar-refractivity contribution in [2.24, 2.45) is 5.92 Å². The number of hydrogen-bond acceptors (Lipinski definition) is 2. The molecule has 2 unspecified atom stereocenters. The first-order chi connectivity index (χ1) is 12.0. The molecule has 2 aliphatic rings. The third-order valence-electron chi connectivity index (χ3n) is 5.41. The molecule has 0 aromatic heterocycles. The Kier molecular flexibility index (Phi) is 6.29. The van der Waals surface area contributed by atoms with E-state index in [4.69, 9.17) is 12.2 Å². The Bertz CT molecular complexity index is 561. The van der Waals surface area contributed by atoms with Gasteiger partial charge in [0, 0.05) is 31.2 Å². The van der Waals surface area contributed by atoms with Crippen molar-refractivity contribution in [3.63, 3.8) is 0 Å². The summed E-state index contributed by atoms with van der Waals surface area (Å²) in [5, 5.41) is 7.66. The van der Waals surface area contributed by atoms with Gasteiger partial charge >= 0.3 is 0 Å². The number of piperidine rings is 2. The first-order valence-corrected chi connectivity index (χ1v) is 9.96. The molecule has 25 heavy (non-hydrogen) atoms. The van der Waals surface area contributed by atoms with Crippen molar-refractivity contribution < 1.29 is 4.39 Å². The van der Waals surface area contributed by atoms with Crippen LogP contribution in [-0.4, -0.2) is 34.7 Å². The second kappa shape index (κ2) is 8.45. The zero-order chi connectivity index (χ0) is 17.8. The number of fused-ring (bicyclic) bond motifs is 2. The van der Waals surface area contributed by atoms with Crippen LogP contribution < -0.4 is 10.6 Å². The monoisotopic (exact) mass is 363 g/mol.